The molecule has 2 amide bonds. The average molecular weight is 462 g/mol. The highest BCUT2D eigenvalue weighted by Gasteiger charge is 2.30. The van der Waals surface area contributed by atoms with Crippen LogP contribution in [-0.4, -0.2) is 56.5 Å². The van der Waals surface area contributed by atoms with Crippen LogP contribution in [0.4, 0.5) is 10.7 Å². The Labute approximate surface area is 200 Å². The smallest absolute Gasteiger partial charge is 0.410 e. The van der Waals surface area contributed by atoms with Gasteiger partial charge in [-0.2, -0.15) is 0 Å². The van der Waals surface area contributed by atoms with Crippen LogP contribution < -0.4 is 5.32 Å². The molecule has 0 saturated heterocycles. The van der Waals surface area contributed by atoms with Crippen molar-refractivity contribution >= 4 is 17.9 Å². The summed E-state index contributed by atoms with van der Waals surface area (Å²) in [5.74, 6) is 2.91. The van der Waals surface area contributed by atoms with Crippen LogP contribution in [0.3, 0.4) is 0 Å². The number of aromatic nitrogens is 2. The van der Waals surface area contributed by atoms with E-state index in [-0.39, 0.29) is 25.0 Å². The summed E-state index contributed by atoms with van der Waals surface area (Å²) in [7, 11) is 0. The molecule has 0 spiro atoms. The Hall–Kier alpha value is -3.60. The van der Waals surface area contributed by atoms with Gasteiger partial charge in [0.1, 0.15) is 12.1 Å². The third-order valence-electron chi connectivity index (χ3n) is 5.90. The van der Waals surface area contributed by atoms with Crippen LogP contribution in [0.15, 0.2) is 30.5 Å². The normalized spacial score (nSPS) is 14.8. The van der Waals surface area contributed by atoms with E-state index < -0.39 is 11.7 Å². The number of anilines is 1. The number of benzene rings is 1. The number of carbonyl (C=O) groups excluding carboxylic acids is 2. The summed E-state index contributed by atoms with van der Waals surface area (Å²) in [5, 5.41) is 3.44. The van der Waals surface area contributed by atoms with Gasteiger partial charge in [-0.05, 0) is 44.7 Å². The lowest BCUT2D eigenvalue weighted by Gasteiger charge is -2.28. The van der Waals surface area contributed by atoms with Crippen molar-refractivity contribution in [1.82, 2.24) is 19.8 Å². The number of nitrogens with zero attached hydrogens (tertiary/aromatic N) is 4. The maximum atomic E-state index is 13.0. The molecular weight excluding hydrogens is 430 g/mol. The van der Waals surface area contributed by atoms with Crippen LogP contribution in [0.5, 0.6) is 0 Å². The van der Waals surface area contributed by atoms with Gasteiger partial charge in [0.05, 0.1) is 12.2 Å². The second-order valence-corrected chi connectivity index (χ2v) is 9.79. The molecule has 0 radical (unpaired) electrons. The highest BCUT2D eigenvalue weighted by atomic mass is 16.6. The molecule has 1 aliphatic heterocycles. The molecule has 2 aromatic rings. The van der Waals surface area contributed by atoms with Crippen LogP contribution in [-0.2, 0) is 35.5 Å². The average Bonchev–Trinajstić information content (AvgIpc) is 3.38. The van der Waals surface area contributed by atoms with Gasteiger partial charge in [-0.25, -0.2) is 14.8 Å². The molecule has 178 valence electrons. The lowest BCUT2D eigenvalue weighted by molar-refractivity contribution is -0.133. The van der Waals surface area contributed by atoms with Crippen molar-refractivity contribution in [1.29, 1.82) is 0 Å². The van der Waals surface area contributed by atoms with Gasteiger partial charge in [0.2, 0.25) is 11.9 Å². The Morgan fingerprint density at radius 3 is 2.56 bits per heavy atom. The molecule has 0 bridgehead atoms. The van der Waals surface area contributed by atoms with Gasteiger partial charge in [-0.15, -0.1) is 12.3 Å². The van der Waals surface area contributed by atoms with E-state index in [2.05, 4.69) is 45.5 Å². The number of fused-ring (bicyclic) bond motifs is 2. The topological polar surface area (TPSA) is 87.7 Å². The first-order valence-corrected chi connectivity index (χ1v) is 11.6. The third kappa shape index (κ3) is 5.66. The maximum Gasteiger partial charge on any atom is 0.410 e. The summed E-state index contributed by atoms with van der Waals surface area (Å²) in [5.41, 5.74) is 3.81. The zero-order valence-electron chi connectivity index (χ0n) is 20.0. The molecule has 34 heavy (non-hydrogen) atoms. The van der Waals surface area contributed by atoms with Crippen LogP contribution in [0.2, 0.25) is 0 Å². The first kappa shape index (κ1) is 23.6. The van der Waals surface area contributed by atoms with E-state index in [0.717, 1.165) is 24.1 Å². The van der Waals surface area contributed by atoms with Crippen molar-refractivity contribution in [3.05, 3.63) is 52.8 Å². The molecule has 0 unspecified atom stereocenters. The fourth-order valence-corrected chi connectivity index (χ4v) is 4.27. The predicted molar refractivity (Wildman–Crippen MR) is 129 cm³/mol. The minimum Gasteiger partial charge on any atom is -0.444 e. The summed E-state index contributed by atoms with van der Waals surface area (Å²) in [6.07, 6.45) is 8.84. The monoisotopic (exact) mass is 461 g/mol. The molecule has 1 N–H and O–H groups in total. The van der Waals surface area contributed by atoms with Crippen LogP contribution >= 0.6 is 0 Å². The standard InChI is InChI=1S/C26H31N5O3/c1-5-6-11-30(25(33)34-26(2,3)4)17-23(32)31-15-20-14-27-24(29-22(20)16-31)28-21-12-18-9-7-8-10-19(18)13-21/h1,7-10,14,21H,6,11-13,15-17H2,2-4H3,(H,27,28,29). The Morgan fingerprint density at radius 2 is 1.91 bits per heavy atom. The van der Waals surface area contributed by atoms with E-state index in [9.17, 15) is 9.59 Å². The first-order valence-electron chi connectivity index (χ1n) is 11.6. The Kier molecular flexibility index (Phi) is 6.73. The summed E-state index contributed by atoms with van der Waals surface area (Å²) in [6, 6.07) is 8.71. The summed E-state index contributed by atoms with van der Waals surface area (Å²) in [6.45, 7) is 6.33. The fraction of sp³-hybridized carbons (Fsp3) is 0.462. The molecule has 0 saturated carbocycles. The quantitative estimate of drug-likeness (QED) is 0.665. The summed E-state index contributed by atoms with van der Waals surface area (Å²) >= 11 is 0. The number of ether oxygens (including phenoxy) is 1. The molecule has 0 atom stereocenters. The fourth-order valence-electron chi connectivity index (χ4n) is 4.27. The minimum atomic E-state index is -0.655. The Morgan fingerprint density at radius 1 is 1.21 bits per heavy atom. The number of amides is 2. The molecule has 1 aromatic carbocycles. The van der Waals surface area contributed by atoms with E-state index in [1.54, 1.807) is 31.9 Å². The van der Waals surface area contributed by atoms with Gasteiger partial charge in [-0.1, -0.05) is 24.3 Å². The van der Waals surface area contributed by atoms with Crippen molar-refractivity contribution in [3.8, 4) is 12.3 Å². The van der Waals surface area contributed by atoms with Crippen LogP contribution in [0.1, 0.15) is 49.6 Å². The van der Waals surface area contributed by atoms with Crippen molar-refractivity contribution in [3.63, 3.8) is 0 Å². The van der Waals surface area contributed by atoms with Gasteiger partial charge < -0.3 is 15.0 Å². The SMILES string of the molecule is C#CCCN(CC(=O)N1Cc2cnc(NC3Cc4ccccc4C3)nc2C1)C(=O)OC(C)(C)C. The van der Waals surface area contributed by atoms with Gasteiger partial charge in [-0.3, -0.25) is 9.69 Å². The van der Waals surface area contributed by atoms with Gasteiger partial charge in [0.15, 0.2) is 0 Å². The molecule has 8 heteroatoms. The second-order valence-electron chi connectivity index (χ2n) is 9.79. The highest BCUT2D eigenvalue weighted by Crippen LogP contribution is 2.25. The van der Waals surface area contributed by atoms with Crippen LogP contribution in [0.25, 0.3) is 0 Å². The lowest BCUT2D eigenvalue weighted by atomic mass is 10.1. The molecule has 0 fully saturated rings. The summed E-state index contributed by atoms with van der Waals surface area (Å²) < 4.78 is 5.44. The number of rotatable bonds is 6. The second kappa shape index (κ2) is 9.72. The number of hydrogen-bond donors (Lipinski definition) is 1. The zero-order chi connectivity index (χ0) is 24.3. The highest BCUT2D eigenvalue weighted by molar-refractivity contribution is 5.83. The Bertz CT molecular complexity index is 1090. The molecule has 1 aromatic heterocycles. The van der Waals surface area contributed by atoms with E-state index >= 15 is 0 Å². The van der Waals surface area contributed by atoms with Crippen molar-refractivity contribution in [2.45, 2.75) is 64.8 Å². The van der Waals surface area contributed by atoms with Crippen LogP contribution in [0, 0.1) is 12.3 Å². The number of hydrogen-bond acceptors (Lipinski definition) is 6. The van der Waals surface area contributed by atoms with Gasteiger partial charge >= 0.3 is 6.09 Å². The van der Waals surface area contributed by atoms with Crippen molar-refractivity contribution in [2.75, 3.05) is 18.4 Å². The molecule has 2 aliphatic rings. The van der Waals surface area contributed by atoms with Crippen molar-refractivity contribution < 1.29 is 14.3 Å². The third-order valence-corrected chi connectivity index (χ3v) is 5.90. The van der Waals surface area contributed by atoms with E-state index in [0.29, 0.717) is 25.5 Å². The molecule has 2 heterocycles. The van der Waals surface area contributed by atoms with E-state index in [1.165, 1.54) is 16.0 Å². The van der Waals surface area contributed by atoms with E-state index in [1.807, 2.05) is 0 Å². The number of carbonyl (C=O) groups is 2. The van der Waals surface area contributed by atoms with E-state index in [4.69, 9.17) is 11.2 Å². The molecule has 8 nitrogen and oxygen atoms in total. The first-order chi connectivity index (χ1) is 16.2. The number of terminal acetylenes is 1. The Balaban J connectivity index is 1.36. The molecule has 1 aliphatic carbocycles. The predicted octanol–water partition coefficient (Wildman–Crippen LogP) is 3.16. The van der Waals surface area contributed by atoms with Gasteiger partial charge in [0.25, 0.3) is 0 Å². The lowest BCUT2D eigenvalue weighted by Crippen LogP contribution is -2.43. The van der Waals surface area contributed by atoms with Gasteiger partial charge in [0, 0.05) is 37.3 Å². The largest absolute Gasteiger partial charge is 0.444 e. The minimum absolute atomic E-state index is 0.0938. The number of nitrogens with one attached hydrogen (secondary N) is 1. The maximum absolute atomic E-state index is 13.0. The summed E-state index contributed by atoms with van der Waals surface area (Å²) in [4.78, 5) is 37.8. The molecule has 4 rings (SSSR count). The molecular formula is C26H31N5O3. The zero-order valence-corrected chi connectivity index (χ0v) is 20.0. The van der Waals surface area contributed by atoms with Crippen molar-refractivity contribution in [2.24, 2.45) is 0 Å².